The molecule has 0 saturated carbocycles. The molecule has 20 heavy (non-hydrogen) atoms. The van der Waals surface area contributed by atoms with Crippen molar-refractivity contribution < 1.29 is 0 Å². The molecule has 2 aromatic carbocycles. The van der Waals surface area contributed by atoms with Crippen LogP contribution in [0, 0.1) is 20.8 Å². The average Bonchev–Trinajstić information content (AvgIpc) is 2.37. The van der Waals surface area contributed by atoms with Gasteiger partial charge in [0, 0.05) is 17.2 Å². The molecule has 0 amide bonds. The van der Waals surface area contributed by atoms with Gasteiger partial charge in [-0.3, -0.25) is 0 Å². The van der Waals surface area contributed by atoms with Crippen LogP contribution in [0.1, 0.15) is 27.8 Å². The quantitative estimate of drug-likeness (QED) is 0.804. The van der Waals surface area contributed by atoms with E-state index in [1.54, 1.807) is 0 Å². The second-order valence-electron chi connectivity index (χ2n) is 5.41. The van der Waals surface area contributed by atoms with Gasteiger partial charge in [-0.2, -0.15) is 0 Å². The van der Waals surface area contributed by atoms with Crippen LogP contribution in [-0.2, 0) is 12.3 Å². The summed E-state index contributed by atoms with van der Waals surface area (Å²) in [5.74, 6) is 1.04. The van der Waals surface area contributed by atoms with Gasteiger partial charge in [0.15, 0.2) is 0 Å². The van der Waals surface area contributed by atoms with Crippen molar-refractivity contribution in [2.75, 3.05) is 7.05 Å². The Hall–Kier alpha value is -1.25. The zero-order chi connectivity index (χ0) is 14.5. The van der Waals surface area contributed by atoms with Crippen LogP contribution < -0.4 is 5.32 Å². The standard InChI is InChI=1S/C18H23NS/c1-13-7-14(2)9-17(8-13)12-20-18-6-5-16(11-19-4)10-15(18)3/h5-10,19H,11-12H2,1-4H3. The summed E-state index contributed by atoms with van der Waals surface area (Å²) in [6, 6.07) is 13.5. The van der Waals surface area contributed by atoms with Gasteiger partial charge in [0.2, 0.25) is 0 Å². The average molecular weight is 285 g/mol. The Bertz CT molecular complexity index is 570. The Morgan fingerprint density at radius 3 is 2.20 bits per heavy atom. The second kappa shape index (κ2) is 6.96. The van der Waals surface area contributed by atoms with Crippen LogP contribution >= 0.6 is 11.8 Å². The van der Waals surface area contributed by atoms with Gasteiger partial charge in [0.1, 0.15) is 0 Å². The topological polar surface area (TPSA) is 12.0 Å². The number of hydrogen-bond donors (Lipinski definition) is 1. The number of nitrogens with one attached hydrogen (secondary N) is 1. The van der Waals surface area contributed by atoms with Gasteiger partial charge in [0.25, 0.3) is 0 Å². The molecule has 0 unspecified atom stereocenters. The molecule has 0 radical (unpaired) electrons. The van der Waals surface area contributed by atoms with Crippen LogP contribution in [0.3, 0.4) is 0 Å². The molecule has 0 aliphatic rings. The van der Waals surface area contributed by atoms with Crippen molar-refractivity contribution in [1.82, 2.24) is 5.32 Å². The third-order valence-electron chi connectivity index (χ3n) is 3.30. The molecule has 1 N–H and O–H groups in total. The van der Waals surface area contributed by atoms with Gasteiger partial charge < -0.3 is 5.32 Å². The Labute approximate surface area is 126 Å². The normalized spacial score (nSPS) is 10.8. The predicted molar refractivity (Wildman–Crippen MR) is 89.4 cm³/mol. The Morgan fingerprint density at radius 1 is 0.900 bits per heavy atom. The van der Waals surface area contributed by atoms with E-state index in [1.165, 1.54) is 32.7 Å². The van der Waals surface area contributed by atoms with E-state index in [1.807, 2.05) is 18.8 Å². The lowest BCUT2D eigenvalue weighted by molar-refractivity contribution is 0.815. The van der Waals surface area contributed by atoms with Crippen molar-refractivity contribution in [2.24, 2.45) is 0 Å². The van der Waals surface area contributed by atoms with E-state index in [0.717, 1.165) is 12.3 Å². The maximum atomic E-state index is 3.19. The van der Waals surface area contributed by atoms with Crippen LogP contribution in [-0.4, -0.2) is 7.05 Å². The van der Waals surface area contributed by atoms with Crippen LogP contribution in [0.4, 0.5) is 0 Å². The molecule has 0 bridgehead atoms. The molecule has 0 atom stereocenters. The molecule has 2 aromatic rings. The highest BCUT2D eigenvalue weighted by molar-refractivity contribution is 7.98. The molecule has 2 rings (SSSR count). The van der Waals surface area contributed by atoms with Crippen molar-refractivity contribution >= 4 is 11.8 Å². The lowest BCUT2D eigenvalue weighted by Gasteiger charge is -2.09. The van der Waals surface area contributed by atoms with Crippen molar-refractivity contribution in [2.45, 2.75) is 38.0 Å². The zero-order valence-corrected chi connectivity index (χ0v) is 13.6. The molecular formula is C18H23NS. The molecule has 0 aromatic heterocycles. The molecule has 0 fully saturated rings. The summed E-state index contributed by atoms with van der Waals surface area (Å²) in [4.78, 5) is 1.38. The van der Waals surface area contributed by atoms with Gasteiger partial charge in [0.05, 0.1) is 0 Å². The molecular weight excluding hydrogens is 262 g/mol. The first kappa shape index (κ1) is 15.1. The SMILES string of the molecule is CNCc1ccc(SCc2cc(C)cc(C)c2)c(C)c1. The largest absolute Gasteiger partial charge is 0.316 e. The molecule has 0 spiro atoms. The van der Waals surface area contributed by atoms with Gasteiger partial charge >= 0.3 is 0 Å². The van der Waals surface area contributed by atoms with Crippen LogP contribution in [0.15, 0.2) is 41.3 Å². The number of hydrogen-bond acceptors (Lipinski definition) is 2. The summed E-state index contributed by atoms with van der Waals surface area (Å²) in [6.45, 7) is 7.46. The van der Waals surface area contributed by atoms with Crippen molar-refractivity contribution in [3.8, 4) is 0 Å². The Balaban J connectivity index is 2.06. The molecule has 0 heterocycles. The summed E-state index contributed by atoms with van der Waals surface area (Å²) < 4.78 is 0. The number of aryl methyl sites for hydroxylation is 3. The minimum atomic E-state index is 0.933. The highest BCUT2D eigenvalue weighted by Gasteiger charge is 2.03. The Morgan fingerprint density at radius 2 is 1.60 bits per heavy atom. The zero-order valence-electron chi connectivity index (χ0n) is 12.8. The number of rotatable bonds is 5. The van der Waals surface area contributed by atoms with E-state index in [2.05, 4.69) is 62.5 Å². The summed E-state index contributed by atoms with van der Waals surface area (Å²) >= 11 is 1.92. The fourth-order valence-corrected chi connectivity index (χ4v) is 3.44. The maximum absolute atomic E-state index is 3.19. The van der Waals surface area contributed by atoms with Crippen molar-refractivity contribution in [3.05, 3.63) is 64.2 Å². The minimum absolute atomic E-state index is 0.933. The summed E-state index contributed by atoms with van der Waals surface area (Å²) in [5.41, 5.74) is 6.82. The van der Waals surface area contributed by atoms with Crippen molar-refractivity contribution in [1.29, 1.82) is 0 Å². The van der Waals surface area contributed by atoms with E-state index in [4.69, 9.17) is 0 Å². The first-order valence-corrected chi connectivity index (χ1v) is 8.01. The first-order chi connectivity index (χ1) is 9.58. The molecule has 0 aliphatic carbocycles. The monoisotopic (exact) mass is 285 g/mol. The number of thioether (sulfide) groups is 1. The predicted octanol–water partition coefficient (Wildman–Crippen LogP) is 4.62. The lowest BCUT2D eigenvalue weighted by Crippen LogP contribution is -2.05. The maximum Gasteiger partial charge on any atom is 0.0232 e. The van der Waals surface area contributed by atoms with E-state index in [-0.39, 0.29) is 0 Å². The van der Waals surface area contributed by atoms with E-state index < -0.39 is 0 Å². The molecule has 1 nitrogen and oxygen atoms in total. The van der Waals surface area contributed by atoms with Gasteiger partial charge in [-0.25, -0.2) is 0 Å². The van der Waals surface area contributed by atoms with E-state index >= 15 is 0 Å². The summed E-state index contributed by atoms with van der Waals surface area (Å²) in [6.07, 6.45) is 0. The molecule has 0 aliphatic heterocycles. The number of benzene rings is 2. The third-order valence-corrected chi connectivity index (χ3v) is 4.54. The third kappa shape index (κ3) is 4.12. The van der Waals surface area contributed by atoms with E-state index in [0.29, 0.717) is 0 Å². The van der Waals surface area contributed by atoms with Gasteiger partial charge in [-0.1, -0.05) is 41.5 Å². The second-order valence-corrected chi connectivity index (χ2v) is 6.43. The van der Waals surface area contributed by atoms with Crippen LogP contribution in [0.25, 0.3) is 0 Å². The summed E-state index contributed by atoms with van der Waals surface area (Å²) in [7, 11) is 1.98. The fraction of sp³-hybridized carbons (Fsp3) is 0.333. The van der Waals surface area contributed by atoms with E-state index in [9.17, 15) is 0 Å². The van der Waals surface area contributed by atoms with Gasteiger partial charge in [-0.05, 0) is 50.6 Å². The lowest BCUT2D eigenvalue weighted by atomic mass is 10.1. The molecule has 106 valence electrons. The highest BCUT2D eigenvalue weighted by atomic mass is 32.2. The highest BCUT2D eigenvalue weighted by Crippen LogP contribution is 2.27. The Kier molecular flexibility index (Phi) is 5.27. The molecule has 2 heteroatoms. The molecule has 0 saturated heterocycles. The minimum Gasteiger partial charge on any atom is -0.316 e. The van der Waals surface area contributed by atoms with Crippen molar-refractivity contribution in [3.63, 3.8) is 0 Å². The van der Waals surface area contributed by atoms with Crippen LogP contribution in [0.2, 0.25) is 0 Å². The smallest absolute Gasteiger partial charge is 0.0232 e. The fourth-order valence-electron chi connectivity index (χ4n) is 2.50. The summed E-state index contributed by atoms with van der Waals surface area (Å²) in [5, 5.41) is 3.19. The first-order valence-electron chi connectivity index (χ1n) is 7.02. The van der Waals surface area contributed by atoms with Gasteiger partial charge in [-0.15, -0.1) is 11.8 Å². The van der Waals surface area contributed by atoms with Crippen LogP contribution in [0.5, 0.6) is 0 Å².